The van der Waals surface area contributed by atoms with Gasteiger partial charge in [-0.15, -0.1) is 0 Å². The largest absolute Gasteiger partial charge is 0.497 e. The molecule has 0 fully saturated rings. The number of amides is 2. The standard InChI is InChI=1S/C18H14Cl2N2O4/c1-25-12-7-8-13(14(9-12)26-2)22-17(23)15(20)16(18(22)24)21-11-5-3-10(19)4-6-11/h3-9,21H,1-2H3. The fourth-order valence-electron chi connectivity index (χ4n) is 2.48. The second-order valence-corrected chi connectivity index (χ2v) is 6.12. The minimum Gasteiger partial charge on any atom is -0.497 e. The van der Waals surface area contributed by atoms with E-state index in [1.807, 2.05) is 0 Å². The molecule has 0 saturated heterocycles. The van der Waals surface area contributed by atoms with Crippen LogP contribution in [0.1, 0.15) is 0 Å². The Morgan fingerprint density at radius 3 is 2.23 bits per heavy atom. The maximum atomic E-state index is 12.8. The average Bonchev–Trinajstić information content (AvgIpc) is 2.86. The number of benzene rings is 2. The van der Waals surface area contributed by atoms with Gasteiger partial charge in [0.2, 0.25) is 0 Å². The Labute approximate surface area is 159 Å². The van der Waals surface area contributed by atoms with Crippen LogP contribution in [-0.2, 0) is 9.59 Å². The molecular formula is C18H14Cl2N2O4. The van der Waals surface area contributed by atoms with Crippen molar-refractivity contribution in [2.24, 2.45) is 0 Å². The number of methoxy groups -OCH3 is 2. The van der Waals surface area contributed by atoms with Crippen LogP contribution < -0.4 is 19.7 Å². The van der Waals surface area contributed by atoms with E-state index in [0.29, 0.717) is 22.2 Å². The molecule has 1 N–H and O–H groups in total. The molecule has 26 heavy (non-hydrogen) atoms. The van der Waals surface area contributed by atoms with Crippen LogP contribution in [0.4, 0.5) is 11.4 Å². The van der Waals surface area contributed by atoms with Gasteiger partial charge in [-0.2, -0.15) is 0 Å². The summed E-state index contributed by atoms with van der Waals surface area (Å²) in [6, 6.07) is 11.4. The van der Waals surface area contributed by atoms with Crippen LogP contribution in [0.3, 0.4) is 0 Å². The zero-order valence-electron chi connectivity index (χ0n) is 13.9. The number of carbonyl (C=O) groups excluding carboxylic acids is 2. The number of ether oxygens (including phenoxy) is 2. The zero-order chi connectivity index (χ0) is 18.8. The first-order chi connectivity index (χ1) is 12.5. The van der Waals surface area contributed by atoms with Crippen LogP contribution in [-0.4, -0.2) is 26.0 Å². The van der Waals surface area contributed by atoms with Gasteiger partial charge in [-0.1, -0.05) is 23.2 Å². The van der Waals surface area contributed by atoms with Crippen LogP contribution in [0.2, 0.25) is 5.02 Å². The molecule has 2 aromatic carbocycles. The molecule has 2 aromatic rings. The SMILES string of the molecule is COc1ccc(N2C(=O)C(Cl)=C(Nc3ccc(Cl)cc3)C2=O)c(OC)c1. The van der Waals surface area contributed by atoms with E-state index in [4.69, 9.17) is 32.7 Å². The fraction of sp³-hybridized carbons (Fsp3) is 0.111. The predicted molar refractivity (Wildman–Crippen MR) is 100.0 cm³/mol. The lowest BCUT2D eigenvalue weighted by molar-refractivity contribution is -0.120. The van der Waals surface area contributed by atoms with Crippen LogP contribution in [0.25, 0.3) is 0 Å². The normalized spacial score (nSPS) is 14.1. The van der Waals surface area contributed by atoms with E-state index >= 15 is 0 Å². The van der Waals surface area contributed by atoms with Gasteiger partial charge in [-0.3, -0.25) is 9.59 Å². The van der Waals surface area contributed by atoms with Gasteiger partial charge in [0.15, 0.2) is 0 Å². The Balaban J connectivity index is 1.94. The lowest BCUT2D eigenvalue weighted by Gasteiger charge is -2.18. The summed E-state index contributed by atoms with van der Waals surface area (Å²) >= 11 is 12.0. The van der Waals surface area contributed by atoms with E-state index in [0.717, 1.165) is 4.90 Å². The van der Waals surface area contributed by atoms with Gasteiger partial charge in [0.05, 0.1) is 19.9 Å². The molecule has 0 aromatic heterocycles. The van der Waals surface area contributed by atoms with Crippen LogP contribution >= 0.6 is 23.2 Å². The molecule has 8 heteroatoms. The summed E-state index contributed by atoms with van der Waals surface area (Å²) in [4.78, 5) is 26.3. The Hall–Kier alpha value is -2.70. The van der Waals surface area contributed by atoms with Crippen molar-refractivity contribution in [2.75, 3.05) is 24.4 Å². The quantitative estimate of drug-likeness (QED) is 0.783. The van der Waals surface area contributed by atoms with E-state index in [1.54, 1.807) is 42.5 Å². The molecule has 1 aliphatic rings. The second kappa shape index (κ2) is 7.27. The molecule has 0 saturated carbocycles. The molecule has 6 nitrogen and oxygen atoms in total. The van der Waals surface area contributed by atoms with E-state index in [9.17, 15) is 9.59 Å². The van der Waals surface area contributed by atoms with Gasteiger partial charge in [0.25, 0.3) is 11.8 Å². The minimum atomic E-state index is -0.642. The summed E-state index contributed by atoms with van der Waals surface area (Å²) in [7, 11) is 2.94. The Kier molecular flexibility index (Phi) is 5.06. The van der Waals surface area contributed by atoms with Gasteiger partial charge >= 0.3 is 0 Å². The second-order valence-electron chi connectivity index (χ2n) is 5.30. The van der Waals surface area contributed by atoms with Crippen molar-refractivity contribution in [1.82, 2.24) is 0 Å². The highest BCUT2D eigenvalue weighted by Gasteiger charge is 2.40. The third-order valence-electron chi connectivity index (χ3n) is 3.77. The number of nitrogens with one attached hydrogen (secondary N) is 1. The molecule has 0 unspecified atom stereocenters. The highest BCUT2D eigenvalue weighted by atomic mass is 35.5. The number of halogens is 2. The maximum absolute atomic E-state index is 12.8. The number of imide groups is 1. The first-order valence-corrected chi connectivity index (χ1v) is 8.25. The third-order valence-corrected chi connectivity index (χ3v) is 4.37. The Bertz CT molecular complexity index is 910. The molecule has 134 valence electrons. The molecule has 3 rings (SSSR count). The van der Waals surface area contributed by atoms with Gasteiger partial charge in [0.1, 0.15) is 22.2 Å². The van der Waals surface area contributed by atoms with Crippen molar-refractivity contribution in [3.8, 4) is 11.5 Å². The third kappa shape index (κ3) is 3.21. The van der Waals surface area contributed by atoms with Crippen molar-refractivity contribution in [3.63, 3.8) is 0 Å². The van der Waals surface area contributed by atoms with E-state index in [2.05, 4.69) is 5.32 Å². The summed E-state index contributed by atoms with van der Waals surface area (Å²) in [5.41, 5.74) is 0.832. The first-order valence-electron chi connectivity index (χ1n) is 7.49. The van der Waals surface area contributed by atoms with E-state index in [-0.39, 0.29) is 16.4 Å². The van der Waals surface area contributed by atoms with Gasteiger partial charge in [-0.25, -0.2) is 4.90 Å². The van der Waals surface area contributed by atoms with Crippen LogP contribution in [0, 0.1) is 0 Å². The summed E-state index contributed by atoms with van der Waals surface area (Å²) in [6.45, 7) is 0. The predicted octanol–water partition coefficient (Wildman–Crippen LogP) is 3.79. The number of hydrogen-bond acceptors (Lipinski definition) is 5. The topological polar surface area (TPSA) is 67.9 Å². The summed E-state index contributed by atoms with van der Waals surface area (Å²) in [5.74, 6) is -0.387. The molecule has 0 bridgehead atoms. The van der Waals surface area contributed by atoms with Crippen LogP contribution in [0.15, 0.2) is 53.2 Å². The summed E-state index contributed by atoms with van der Waals surface area (Å²) < 4.78 is 10.4. The summed E-state index contributed by atoms with van der Waals surface area (Å²) in [5, 5.41) is 3.21. The van der Waals surface area contributed by atoms with Crippen molar-refractivity contribution in [2.45, 2.75) is 0 Å². The number of carbonyl (C=O) groups is 2. The maximum Gasteiger partial charge on any atom is 0.283 e. The number of anilines is 2. The number of nitrogens with zero attached hydrogens (tertiary/aromatic N) is 1. The Morgan fingerprint density at radius 2 is 1.62 bits per heavy atom. The van der Waals surface area contributed by atoms with Crippen molar-refractivity contribution in [1.29, 1.82) is 0 Å². The molecule has 1 aliphatic heterocycles. The molecule has 0 atom stereocenters. The number of rotatable bonds is 5. The monoisotopic (exact) mass is 392 g/mol. The molecule has 2 amide bonds. The minimum absolute atomic E-state index is 0.0168. The van der Waals surface area contributed by atoms with Gasteiger partial charge in [0, 0.05) is 16.8 Å². The highest BCUT2D eigenvalue weighted by molar-refractivity contribution is 6.53. The van der Waals surface area contributed by atoms with E-state index in [1.165, 1.54) is 14.2 Å². The van der Waals surface area contributed by atoms with Crippen molar-refractivity contribution < 1.29 is 19.1 Å². The molecule has 0 aliphatic carbocycles. The molecular weight excluding hydrogens is 379 g/mol. The van der Waals surface area contributed by atoms with Gasteiger partial charge in [-0.05, 0) is 36.4 Å². The number of hydrogen-bond donors (Lipinski definition) is 1. The van der Waals surface area contributed by atoms with Crippen molar-refractivity contribution in [3.05, 3.63) is 58.2 Å². The molecule has 1 heterocycles. The highest BCUT2D eigenvalue weighted by Crippen LogP contribution is 2.37. The van der Waals surface area contributed by atoms with Gasteiger partial charge < -0.3 is 14.8 Å². The summed E-state index contributed by atoms with van der Waals surface area (Å²) in [6.07, 6.45) is 0. The lowest BCUT2D eigenvalue weighted by atomic mass is 10.2. The first kappa shape index (κ1) is 18.1. The zero-order valence-corrected chi connectivity index (χ0v) is 15.4. The molecule has 0 radical (unpaired) electrons. The van der Waals surface area contributed by atoms with Crippen LogP contribution in [0.5, 0.6) is 11.5 Å². The molecule has 0 spiro atoms. The average molecular weight is 393 g/mol. The van der Waals surface area contributed by atoms with E-state index < -0.39 is 11.8 Å². The lowest BCUT2D eigenvalue weighted by Crippen LogP contribution is -2.32. The fourth-order valence-corrected chi connectivity index (χ4v) is 2.82. The van der Waals surface area contributed by atoms with Crippen molar-refractivity contribution >= 4 is 46.4 Å². The smallest absolute Gasteiger partial charge is 0.283 e. The Morgan fingerprint density at radius 1 is 0.923 bits per heavy atom.